The monoisotopic (exact) mass is 729 g/mol. The molecule has 0 radical (unpaired) electrons. The number of benzene rings is 1. The van der Waals surface area contributed by atoms with Crippen molar-refractivity contribution in [2.24, 2.45) is 0 Å². The highest BCUT2D eigenvalue weighted by Crippen LogP contribution is 2.15. The Bertz CT molecular complexity index is 879. The van der Waals surface area contributed by atoms with Crippen LogP contribution in [0.15, 0.2) is 24.3 Å². The fourth-order valence-electron chi connectivity index (χ4n) is 7.05. The molecule has 0 bridgehead atoms. The van der Waals surface area contributed by atoms with E-state index in [9.17, 15) is 9.59 Å². The first-order chi connectivity index (χ1) is 25.6. The van der Waals surface area contributed by atoms with Crippen molar-refractivity contribution in [3.63, 3.8) is 0 Å². The Morgan fingerprint density at radius 2 is 0.673 bits per heavy atom. The lowest BCUT2D eigenvalue weighted by atomic mass is 10.1. The van der Waals surface area contributed by atoms with E-state index < -0.39 is 11.9 Å². The SMILES string of the molecule is CCCCCCCCCCCCCN(CC)CCCCOC(=O)c1ccccc1C(=O)OCCCCN(CC)CCCCCCCCCCCCC. The van der Waals surface area contributed by atoms with E-state index in [0.717, 1.165) is 65.0 Å². The summed E-state index contributed by atoms with van der Waals surface area (Å²) >= 11 is 0. The number of hydrogen-bond acceptors (Lipinski definition) is 6. The Morgan fingerprint density at radius 3 is 0.962 bits per heavy atom. The van der Waals surface area contributed by atoms with Crippen LogP contribution in [0.25, 0.3) is 0 Å². The quantitative estimate of drug-likeness (QED) is 0.0499. The number of hydrogen-bond donors (Lipinski definition) is 0. The second kappa shape index (κ2) is 36.1. The Kier molecular flexibility index (Phi) is 33.4. The predicted molar refractivity (Wildman–Crippen MR) is 223 cm³/mol. The molecule has 0 N–H and O–H groups in total. The van der Waals surface area contributed by atoms with E-state index in [1.54, 1.807) is 24.3 Å². The van der Waals surface area contributed by atoms with Crippen molar-refractivity contribution in [2.75, 3.05) is 52.5 Å². The molecule has 0 atom stereocenters. The molecule has 0 heterocycles. The van der Waals surface area contributed by atoms with Gasteiger partial charge in [0.2, 0.25) is 0 Å². The minimum Gasteiger partial charge on any atom is -0.462 e. The molecule has 1 rings (SSSR count). The molecule has 52 heavy (non-hydrogen) atoms. The van der Waals surface area contributed by atoms with Crippen LogP contribution in [0, 0.1) is 0 Å². The topological polar surface area (TPSA) is 59.1 Å². The van der Waals surface area contributed by atoms with Crippen LogP contribution < -0.4 is 0 Å². The number of rotatable bonds is 38. The molecule has 0 saturated heterocycles. The summed E-state index contributed by atoms with van der Waals surface area (Å²) in [4.78, 5) is 30.8. The highest BCUT2D eigenvalue weighted by atomic mass is 16.5. The van der Waals surface area contributed by atoms with Gasteiger partial charge in [-0.2, -0.15) is 0 Å². The molecular formula is C46H84N2O4. The van der Waals surface area contributed by atoms with Crippen molar-refractivity contribution >= 4 is 11.9 Å². The zero-order valence-corrected chi connectivity index (χ0v) is 34.9. The molecule has 0 aliphatic carbocycles. The summed E-state index contributed by atoms with van der Waals surface area (Å²) in [6.45, 7) is 16.2. The Labute approximate surface area is 322 Å². The van der Waals surface area contributed by atoms with Crippen molar-refractivity contribution in [1.29, 1.82) is 0 Å². The number of carbonyl (C=O) groups excluding carboxylic acids is 2. The van der Waals surface area contributed by atoms with Gasteiger partial charge in [0, 0.05) is 0 Å². The van der Waals surface area contributed by atoms with Crippen LogP contribution in [-0.4, -0.2) is 74.2 Å². The first-order valence-corrected chi connectivity index (χ1v) is 22.4. The van der Waals surface area contributed by atoms with Crippen LogP contribution in [0.3, 0.4) is 0 Å². The average molecular weight is 729 g/mol. The highest BCUT2D eigenvalue weighted by molar-refractivity contribution is 6.03. The van der Waals surface area contributed by atoms with E-state index in [0.29, 0.717) is 24.3 Å². The molecule has 0 fully saturated rings. The summed E-state index contributed by atoms with van der Waals surface area (Å²) in [7, 11) is 0. The van der Waals surface area contributed by atoms with Gasteiger partial charge in [-0.3, -0.25) is 0 Å². The van der Waals surface area contributed by atoms with Gasteiger partial charge in [0.25, 0.3) is 0 Å². The third-order valence-electron chi connectivity index (χ3n) is 10.6. The third-order valence-corrected chi connectivity index (χ3v) is 10.6. The van der Waals surface area contributed by atoms with Gasteiger partial charge in [-0.1, -0.05) is 168 Å². The molecule has 0 aliphatic heterocycles. The molecule has 0 saturated carbocycles. The summed E-state index contributed by atoms with van der Waals surface area (Å²) < 4.78 is 11.2. The van der Waals surface area contributed by atoms with E-state index in [4.69, 9.17) is 9.47 Å². The van der Waals surface area contributed by atoms with Gasteiger partial charge < -0.3 is 19.3 Å². The third kappa shape index (κ3) is 26.8. The number of carbonyl (C=O) groups is 2. The van der Waals surface area contributed by atoms with Crippen molar-refractivity contribution < 1.29 is 19.1 Å². The summed E-state index contributed by atoms with van der Waals surface area (Å²) in [5.41, 5.74) is 0.589. The lowest BCUT2D eigenvalue weighted by Crippen LogP contribution is -2.26. The molecule has 0 spiro atoms. The molecule has 302 valence electrons. The largest absolute Gasteiger partial charge is 0.462 e. The molecule has 6 nitrogen and oxygen atoms in total. The average Bonchev–Trinajstić information content (AvgIpc) is 3.16. The summed E-state index contributed by atoms with van der Waals surface area (Å²) in [6.07, 6.45) is 33.8. The van der Waals surface area contributed by atoms with E-state index in [1.807, 2.05) is 0 Å². The van der Waals surface area contributed by atoms with Crippen LogP contribution >= 0.6 is 0 Å². The molecule has 0 amide bonds. The van der Waals surface area contributed by atoms with Crippen LogP contribution in [0.4, 0.5) is 0 Å². The molecule has 0 aromatic heterocycles. The zero-order valence-electron chi connectivity index (χ0n) is 34.9. The fraction of sp³-hybridized carbons (Fsp3) is 0.826. The van der Waals surface area contributed by atoms with Gasteiger partial charge in [-0.05, 0) is 89.9 Å². The van der Waals surface area contributed by atoms with Crippen molar-refractivity contribution in [3.05, 3.63) is 35.4 Å². The predicted octanol–water partition coefficient (Wildman–Crippen LogP) is 12.8. The Morgan fingerprint density at radius 1 is 0.404 bits per heavy atom. The smallest absolute Gasteiger partial charge is 0.339 e. The van der Waals surface area contributed by atoms with Crippen molar-refractivity contribution in [1.82, 2.24) is 9.80 Å². The Hall–Kier alpha value is -1.92. The molecular weight excluding hydrogens is 645 g/mol. The molecule has 1 aromatic carbocycles. The number of unbranched alkanes of at least 4 members (excludes halogenated alkanes) is 22. The maximum absolute atomic E-state index is 12.9. The normalized spacial score (nSPS) is 11.5. The molecule has 6 heteroatoms. The number of ether oxygens (including phenoxy) is 2. The lowest BCUT2D eigenvalue weighted by molar-refractivity contribution is 0.0448. The maximum atomic E-state index is 12.9. The van der Waals surface area contributed by atoms with E-state index in [1.165, 1.54) is 141 Å². The summed E-state index contributed by atoms with van der Waals surface area (Å²) in [6, 6.07) is 6.88. The Balaban J connectivity index is 2.17. The highest BCUT2D eigenvalue weighted by Gasteiger charge is 2.19. The second-order valence-corrected chi connectivity index (χ2v) is 15.2. The number of nitrogens with zero attached hydrogens (tertiary/aromatic N) is 2. The van der Waals surface area contributed by atoms with Gasteiger partial charge in [0.15, 0.2) is 0 Å². The fourth-order valence-corrected chi connectivity index (χ4v) is 7.05. The van der Waals surface area contributed by atoms with Gasteiger partial charge in [-0.25, -0.2) is 9.59 Å². The van der Waals surface area contributed by atoms with Gasteiger partial charge in [-0.15, -0.1) is 0 Å². The molecule has 0 unspecified atom stereocenters. The van der Waals surface area contributed by atoms with Crippen molar-refractivity contribution in [2.45, 2.75) is 195 Å². The van der Waals surface area contributed by atoms with Crippen LogP contribution in [0.5, 0.6) is 0 Å². The number of esters is 2. The first kappa shape index (κ1) is 48.1. The van der Waals surface area contributed by atoms with Gasteiger partial charge in [0.05, 0.1) is 24.3 Å². The first-order valence-electron chi connectivity index (χ1n) is 22.4. The molecule has 1 aromatic rings. The van der Waals surface area contributed by atoms with Crippen LogP contribution in [-0.2, 0) is 9.47 Å². The summed E-state index contributed by atoms with van der Waals surface area (Å²) in [5, 5.41) is 0. The second-order valence-electron chi connectivity index (χ2n) is 15.2. The van der Waals surface area contributed by atoms with E-state index in [2.05, 4.69) is 37.5 Å². The zero-order chi connectivity index (χ0) is 37.7. The van der Waals surface area contributed by atoms with Crippen LogP contribution in [0.2, 0.25) is 0 Å². The van der Waals surface area contributed by atoms with Gasteiger partial charge in [0.1, 0.15) is 0 Å². The maximum Gasteiger partial charge on any atom is 0.339 e. The van der Waals surface area contributed by atoms with E-state index >= 15 is 0 Å². The molecule has 0 aliphatic rings. The van der Waals surface area contributed by atoms with Gasteiger partial charge >= 0.3 is 11.9 Å². The minimum absolute atomic E-state index is 0.295. The van der Waals surface area contributed by atoms with Crippen molar-refractivity contribution in [3.8, 4) is 0 Å². The lowest BCUT2D eigenvalue weighted by Gasteiger charge is -2.20. The van der Waals surface area contributed by atoms with Crippen LogP contribution in [0.1, 0.15) is 215 Å². The minimum atomic E-state index is -0.443. The standard InChI is InChI=1S/C46H84N2O4/c1-5-9-11-13-15-17-19-21-23-25-29-37-47(7-3)39-31-33-41-51-45(49)43-35-27-28-36-44(43)46(50)52-42-34-32-40-48(8-4)38-30-26-24-22-20-18-16-14-12-10-6-2/h27-28,35-36H,5-26,29-34,37-42H2,1-4H3. The van der Waals surface area contributed by atoms with E-state index in [-0.39, 0.29) is 0 Å². The summed E-state index contributed by atoms with van der Waals surface area (Å²) in [5.74, 6) is -0.885.